The highest BCUT2D eigenvalue weighted by atomic mass is 16.7. The first kappa shape index (κ1) is 18.8. The molecule has 0 fully saturated rings. The number of carbonyl (C=O) groups is 2. The van der Waals surface area contributed by atoms with Gasteiger partial charge in [-0.25, -0.2) is 24.0 Å². The molecule has 0 bridgehead atoms. The third-order valence-corrected chi connectivity index (χ3v) is 2.34. The van der Waals surface area contributed by atoms with Crippen LogP contribution in [-0.4, -0.2) is 47.9 Å². The van der Waals surface area contributed by atoms with E-state index in [1.807, 2.05) is 0 Å². The minimum Gasteiger partial charge on any atom is -0.389 e. The summed E-state index contributed by atoms with van der Waals surface area (Å²) < 4.78 is -1.33. The Morgan fingerprint density at radius 1 is 0.958 bits per heavy atom. The van der Waals surface area contributed by atoms with Crippen LogP contribution in [0.1, 0.15) is 0 Å². The van der Waals surface area contributed by atoms with Gasteiger partial charge in [-0.3, -0.25) is 0 Å². The number of nitrogens with zero attached hydrogens (tertiary/aromatic N) is 3. The van der Waals surface area contributed by atoms with Gasteiger partial charge in [-0.15, -0.1) is 0 Å². The number of rotatable bonds is 6. The molecule has 130 valence electrons. The van der Waals surface area contributed by atoms with Gasteiger partial charge in [-0.05, 0) is 0 Å². The Morgan fingerprint density at radius 2 is 1.33 bits per heavy atom. The summed E-state index contributed by atoms with van der Waals surface area (Å²) in [4.78, 5) is 66.7. The lowest BCUT2D eigenvalue weighted by Crippen LogP contribution is -2.64. The van der Waals surface area contributed by atoms with E-state index in [2.05, 4.69) is 22.8 Å². The topological polar surface area (TPSA) is 179 Å². The number of aliphatic hydroxyl groups is 3. The molecule has 0 radical (unpaired) electrons. The zero-order valence-corrected chi connectivity index (χ0v) is 11.8. The van der Waals surface area contributed by atoms with Gasteiger partial charge in [0.2, 0.25) is 0 Å². The summed E-state index contributed by atoms with van der Waals surface area (Å²) in [5.41, 5.74) is -5.48. The minimum atomic E-state index is -3.51. The van der Waals surface area contributed by atoms with E-state index in [1.54, 1.807) is 0 Å². The van der Waals surface area contributed by atoms with Crippen molar-refractivity contribution in [3.63, 3.8) is 0 Å². The van der Waals surface area contributed by atoms with Gasteiger partial charge in [-0.1, -0.05) is 22.6 Å². The first-order chi connectivity index (χ1) is 11.1. The van der Waals surface area contributed by atoms with E-state index in [-0.39, 0.29) is 0 Å². The van der Waals surface area contributed by atoms with Crippen LogP contribution in [-0.2, 0) is 15.5 Å². The molecule has 0 unspecified atom stereocenters. The molecule has 0 saturated heterocycles. The predicted molar refractivity (Wildman–Crippen MR) is 72.3 cm³/mol. The van der Waals surface area contributed by atoms with Gasteiger partial charge in [0, 0.05) is 12.2 Å². The SMILES string of the molecule is C=CC(=O)On1c(=O)n(OC(=O)C=C)c(=O)n(C(O)(O)CO)c1=O. The Balaban J connectivity index is 3.88. The van der Waals surface area contributed by atoms with Crippen LogP contribution in [0.25, 0.3) is 0 Å². The van der Waals surface area contributed by atoms with Crippen molar-refractivity contribution in [2.75, 3.05) is 6.61 Å². The molecule has 0 saturated carbocycles. The second-order valence-corrected chi connectivity index (χ2v) is 3.93. The lowest BCUT2D eigenvalue weighted by molar-refractivity contribution is -0.258. The molecule has 1 rings (SSSR count). The van der Waals surface area contributed by atoms with Crippen LogP contribution in [0.5, 0.6) is 0 Å². The van der Waals surface area contributed by atoms with Crippen LogP contribution in [0.4, 0.5) is 0 Å². The molecule has 1 aromatic rings. The van der Waals surface area contributed by atoms with Crippen LogP contribution in [0.3, 0.4) is 0 Å². The van der Waals surface area contributed by atoms with E-state index in [1.165, 1.54) is 0 Å². The summed E-state index contributed by atoms with van der Waals surface area (Å²) in [6.07, 6.45) is 1.08. The fraction of sp³-hybridized carbons (Fsp3) is 0.182. The minimum absolute atomic E-state index is 0.418. The Morgan fingerprint density at radius 3 is 1.62 bits per heavy atom. The van der Waals surface area contributed by atoms with E-state index >= 15 is 0 Å². The Kier molecular flexibility index (Phi) is 5.36. The van der Waals surface area contributed by atoms with Crippen molar-refractivity contribution in [2.45, 2.75) is 5.91 Å². The number of carbonyl (C=O) groups excluding carboxylic acids is 2. The maximum absolute atomic E-state index is 12.0. The first-order valence-electron chi connectivity index (χ1n) is 5.87. The van der Waals surface area contributed by atoms with Crippen molar-refractivity contribution in [2.24, 2.45) is 0 Å². The van der Waals surface area contributed by atoms with Gasteiger partial charge in [0.1, 0.15) is 6.61 Å². The number of aromatic nitrogens is 3. The van der Waals surface area contributed by atoms with Crippen molar-refractivity contribution in [3.8, 4) is 0 Å². The summed E-state index contributed by atoms with van der Waals surface area (Å²) in [5.74, 6) is -6.19. The average molecular weight is 345 g/mol. The Labute approximate surface area is 131 Å². The zero-order valence-electron chi connectivity index (χ0n) is 11.8. The molecule has 0 amide bonds. The first-order valence-corrected chi connectivity index (χ1v) is 5.87. The third-order valence-electron chi connectivity index (χ3n) is 2.34. The highest BCUT2D eigenvalue weighted by molar-refractivity contribution is 5.81. The highest BCUT2D eigenvalue weighted by Gasteiger charge is 2.34. The van der Waals surface area contributed by atoms with E-state index in [4.69, 9.17) is 5.11 Å². The van der Waals surface area contributed by atoms with Crippen molar-refractivity contribution >= 4 is 11.9 Å². The number of hydrogen-bond donors (Lipinski definition) is 3. The average Bonchev–Trinajstić information content (AvgIpc) is 2.54. The largest absolute Gasteiger partial charge is 0.404 e. The van der Waals surface area contributed by atoms with E-state index < -0.39 is 55.6 Å². The van der Waals surface area contributed by atoms with Crippen LogP contribution in [0.2, 0.25) is 0 Å². The summed E-state index contributed by atoms with van der Waals surface area (Å²) in [6, 6.07) is 0. The van der Waals surface area contributed by atoms with Gasteiger partial charge in [0.05, 0.1) is 0 Å². The monoisotopic (exact) mass is 345 g/mol. The summed E-state index contributed by atoms with van der Waals surface area (Å²) >= 11 is 0. The molecule has 13 nitrogen and oxygen atoms in total. The molecule has 0 atom stereocenters. The second-order valence-electron chi connectivity index (χ2n) is 3.93. The molecule has 24 heavy (non-hydrogen) atoms. The maximum Gasteiger partial charge on any atom is 0.404 e. The molecule has 0 spiro atoms. The smallest absolute Gasteiger partial charge is 0.389 e. The summed E-state index contributed by atoms with van der Waals surface area (Å²) in [7, 11) is 0. The molecule has 1 aromatic heterocycles. The van der Waals surface area contributed by atoms with Gasteiger partial charge >= 0.3 is 29.0 Å². The van der Waals surface area contributed by atoms with E-state index in [9.17, 15) is 34.2 Å². The molecular formula is C11H11N3O10. The van der Waals surface area contributed by atoms with Crippen LogP contribution in [0, 0.1) is 0 Å². The molecule has 1 heterocycles. The van der Waals surface area contributed by atoms with Crippen LogP contribution in [0.15, 0.2) is 39.7 Å². The quantitative estimate of drug-likeness (QED) is 0.334. The van der Waals surface area contributed by atoms with Crippen LogP contribution >= 0.6 is 0 Å². The second kappa shape index (κ2) is 6.86. The Bertz CT molecular complexity index is 811. The zero-order chi connectivity index (χ0) is 18.7. The van der Waals surface area contributed by atoms with Crippen molar-refractivity contribution in [1.29, 1.82) is 0 Å². The molecule has 0 aliphatic heterocycles. The van der Waals surface area contributed by atoms with Gasteiger partial charge < -0.3 is 25.0 Å². The number of aliphatic hydroxyl groups excluding tert-OH is 1. The highest BCUT2D eigenvalue weighted by Crippen LogP contribution is 1.99. The molecule has 13 heteroatoms. The summed E-state index contributed by atoms with van der Waals surface area (Å²) in [5, 5.41) is 27.9. The molecule has 0 aliphatic rings. The Hall–Kier alpha value is -3.29. The van der Waals surface area contributed by atoms with Gasteiger partial charge in [0.25, 0.3) is 5.91 Å². The molecule has 0 aliphatic carbocycles. The molecule has 0 aromatic carbocycles. The van der Waals surface area contributed by atoms with Crippen molar-refractivity contribution in [3.05, 3.63) is 56.8 Å². The molecule has 3 N–H and O–H groups in total. The fourth-order valence-corrected chi connectivity index (χ4v) is 1.30. The number of hydrogen-bond acceptors (Lipinski definition) is 10. The predicted octanol–water partition coefficient (Wildman–Crippen LogP) is -4.96. The fourth-order valence-electron chi connectivity index (χ4n) is 1.30. The molecular weight excluding hydrogens is 334 g/mol. The summed E-state index contributed by atoms with van der Waals surface area (Å²) in [6.45, 7) is 4.42. The van der Waals surface area contributed by atoms with Crippen LogP contribution < -0.4 is 26.7 Å². The normalized spacial score (nSPS) is 10.8. The maximum atomic E-state index is 12.0. The van der Waals surface area contributed by atoms with E-state index in [0.717, 1.165) is 0 Å². The van der Waals surface area contributed by atoms with Gasteiger partial charge in [0.15, 0.2) is 0 Å². The lowest BCUT2D eigenvalue weighted by Gasteiger charge is -2.21. The van der Waals surface area contributed by atoms with Crippen molar-refractivity contribution in [1.82, 2.24) is 14.0 Å². The van der Waals surface area contributed by atoms with Gasteiger partial charge in [-0.2, -0.15) is 4.57 Å². The standard InChI is InChI=1S/C11H11N3O10/c1-3-6(16)23-13-8(18)12(11(21,22)5-15)9(19)14(10(13)20)24-7(17)4-2/h3-4,15,21-22H,1-2,5H2. The van der Waals surface area contributed by atoms with E-state index in [0.29, 0.717) is 12.2 Å². The lowest BCUT2D eigenvalue weighted by atomic mass is 10.5. The van der Waals surface area contributed by atoms with Crippen molar-refractivity contribution < 1.29 is 34.6 Å². The third kappa shape index (κ3) is 3.37.